The van der Waals surface area contributed by atoms with Crippen molar-refractivity contribution >= 4 is 0 Å². The Bertz CT molecular complexity index is 315. The highest BCUT2D eigenvalue weighted by Crippen LogP contribution is 2.35. The fraction of sp³-hybridized carbons (Fsp3) is 1.00. The molecule has 1 heteroatoms. The van der Waals surface area contributed by atoms with Gasteiger partial charge in [-0.15, -0.1) is 0 Å². The maximum atomic E-state index is 3.81. The van der Waals surface area contributed by atoms with E-state index in [2.05, 4.69) is 39.9 Å². The third kappa shape index (κ3) is 12.4. The molecule has 0 bridgehead atoms. The molecule has 156 valence electrons. The van der Waals surface area contributed by atoms with Crippen LogP contribution >= 0.6 is 0 Å². The maximum Gasteiger partial charge on any atom is 0.0132 e. The molecule has 1 aliphatic rings. The van der Waals surface area contributed by atoms with Crippen LogP contribution in [-0.2, 0) is 0 Å². The Morgan fingerprint density at radius 1 is 0.577 bits per heavy atom. The molecule has 1 saturated heterocycles. The average molecular weight is 366 g/mol. The first-order valence-corrected chi connectivity index (χ1v) is 12.1. The van der Waals surface area contributed by atoms with Crippen LogP contribution in [0, 0.1) is 5.92 Å². The summed E-state index contributed by atoms with van der Waals surface area (Å²) in [6.45, 7) is 11.8. The van der Waals surface area contributed by atoms with Gasteiger partial charge in [-0.25, -0.2) is 0 Å². The number of hydrogen-bond donors (Lipinski definition) is 1. The third-order valence-electron chi connectivity index (χ3n) is 6.24. The molecular weight excluding hydrogens is 314 g/mol. The van der Waals surface area contributed by atoms with Crippen molar-refractivity contribution in [2.45, 2.75) is 155 Å². The second kappa shape index (κ2) is 13.2. The molecule has 1 fully saturated rings. The SMILES string of the molecule is CCCCCCCCCCCCCCCCC1CC(C)(C)NC(C)(C)C1. The molecule has 0 aromatic heterocycles. The van der Waals surface area contributed by atoms with Crippen molar-refractivity contribution in [3.05, 3.63) is 0 Å². The van der Waals surface area contributed by atoms with Crippen LogP contribution in [0.3, 0.4) is 0 Å². The maximum absolute atomic E-state index is 3.81. The predicted octanol–water partition coefficient (Wildman–Crippen LogP) is 8.41. The Labute approximate surface area is 166 Å². The predicted molar refractivity (Wildman–Crippen MR) is 119 cm³/mol. The largest absolute Gasteiger partial charge is 0.307 e. The second-order valence-electron chi connectivity index (χ2n) is 10.6. The summed E-state index contributed by atoms with van der Waals surface area (Å²) in [5, 5.41) is 3.81. The minimum Gasteiger partial charge on any atom is -0.307 e. The van der Waals surface area contributed by atoms with Crippen LogP contribution in [0.1, 0.15) is 144 Å². The van der Waals surface area contributed by atoms with Crippen molar-refractivity contribution in [3.8, 4) is 0 Å². The number of piperidine rings is 1. The minimum absolute atomic E-state index is 0.322. The first kappa shape index (κ1) is 24.0. The molecule has 0 atom stereocenters. The van der Waals surface area contributed by atoms with Crippen LogP contribution in [0.15, 0.2) is 0 Å². The highest BCUT2D eigenvalue weighted by Gasteiger charge is 2.36. The molecule has 0 saturated carbocycles. The van der Waals surface area contributed by atoms with Crippen LogP contribution in [-0.4, -0.2) is 11.1 Å². The van der Waals surface area contributed by atoms with Gasteiger partial charge in [0.25, 0.3) is 0 Å². The standard InChI is InChI=1S/C25H51N/c1-6-7-8-9-10-11-12-13-14-15-16-17-18-19-20-23-21-24(2,3)26-25(4,5)22-23/h23,26H,6-22H2,1-5H3. The molecular formula is C25H51N. The number of hydrogen-bond acceptors (Lipinski definition) is 1. The Morgan fingerprint density at radius 3 is 1.31 bits per heavy atom. The van der Waals surface area contributed by atoms with Crippen molar-refractivity contribution in [2.24, 2.45) is 5.92 Å². The van der Waals surface area contributed by atoms with Gasteiger partial charge >= 0.3 is 0 Å². The van der Waals surface area contributed by atoms with Crippen molar-refractivity contribution in [1.82, 2.24) is 5.32 Å². The van der Waals surface area contributed by atoms with Gasteiger partial charge in [-0.05, 0) is 46.5 Å². The fourth-order valence-electron chi connectivity index (χ4n) is 5.37. The summed E-state index contributed by atoms with van der Waals surface area (Å²) in [6.07, 6.45) is 24.6. The Morgan fingerprint density at radius 2 is 0.923 bits per heavy atom. The van der Waals surface area contributed by atoms with Gasteiger partial charge in [-0.3, -0.25) is 0 Å². The summed E-state index contributed by atoms with van der Waals surface area (Å²) in [7, 11) is 0. The minimum atomic E-state index is 0.322. The Hall–Kier alpha value is -0.0400. The fourth-order valence-corrected chi connectivity index (χ4v) is 5.37. The molecule has 1 N–H and O–H groups in total. The van der Waals surface area contributed by atoms with E-state index in [1.54, 1.807) is 0 Å². The van der Waals surface area contributed by atoms with E-state index in [1.807, 2.05) is 0 Å². The van der Waals surface area contributed by atoms with Gasteiger partial charge in [0, 0.05) is 11.1 Å². The van der Waals surface area contributed by atoms with Crippen LogP contribution in [0.5, 0.6) is 0 Å². The van der Waals surface area contributed by atoms with Crippen molar-refractivity contribution in [2.75, 3.05) is 0 Å². The highest BCUT2D eigenvalue weighted by molar-refractivity contribution is 4.96. The lowest BCUT2D eigenvalue weighted by molar-refractivity contribution is 0.122. The van der Waals surface area contributed by atoms with Gasteiger partial charge in [0.15, 0.2) is 0 Å². The highest BCUT2D eigenvalue weighted by atomic mass is 15.0. The van der Waals surface area contributed by atoms with Crippen LogP contribution in [0.25, 0.3) is 0 Å². The molecule has 0 aromatic carbocycles. The van der Waals surface area contributed by atoms with Gasteiger partial charge < -0.3 is 5.32 Å². The summed E-state index contributed by atoms with van der Waals surface area (Å²) < 4.78 is 0. The summed E-state index contributed by atoms with van der Waals surface area (Å²) in [4.78, 5) is 0. The molecule has 1 nitrogen and oxygen atoms in total. The van der Waals surface area contributed by atoms with E-state index < -0.39 is 0 Å². The van der Waals surface area contributed by atoms with E-state index in [0.717, 1.165) is 5.92 Å². The van der Waals surface area contributed by atoms with E-state index >= 15 is 0 Å². The number of unbranched alkanes of at least 4 members (excludes halogenated alkanes) is 13. The first-order chi connectivity index (χ1) is 12.3. The van der Waals surface area contributed by atoms with Gasteiger partial charge in [0.1, 0.15) is 0 Å². The van der Waals surface area contributed by atoms with Crippen LogP contribution in [0.2, 0.25) is 0 Å². The summed E-state index contributed by atoms with van der Waals surface area (Å²) in [5.74, 6) is 0.929. The van der Waals surface area contributed by atoms with E-state index in [-0.39, 0.29) is 0 Å². The summed E-state index contributed by atoms with van der Waals surface area (Å²) >= 11 is 0. The van der Waals surface area contributed by atoms with Gasteiger partial charge in [0.2, 0.25) is 0 Å². The molecule has 1 heterocycles. The Kier molecular flexibility index (Phi) is 12.2. The molecule has 1 aliphatic heterocycles. The number of nitrogens with one attached hydrogen (secondary N) is 1. The lowest BCUT2D eigenvalue weighted by atomic mass is 9.74. The summed E-state index contributed by atoms with van der Waals surface area (Å²) in [6, 6.07) is 0. The zero-order chi connectivity index (χ0) is 19.3. The van der Waals surface area contributed by atoms with Gasteiger partial charge in [-0.1, -0.05) is 103 Å². The second-order valence-corrected chi connectivity index (χ2v) is 10.6. The lowest BCUT2D eigenvalue weighted by Gasteiger charge is -2.46. The molecule has 0 unspecified atom stereocenters. The molecule has 0 aliphatic carbocycles. The monoisotopic (exact) mass is 365 g/mol. The quantitative estimate of drug-likeness (QED) is 0.287. The molecule has 26 heavy (non-hydrogen) atoms. The van der Waals surface area contributed by atoms with E-state index in [9.17, 15) is 0 Å². The van der Waals surface area contributed by atoms with Gasteiger partial charge in [0.05, 0.1) is 0 Å². The van der Waals surface area contributed by atoms with E-state index in [1.165, 1.54) is 109 Å². The normalized spacial score (nSPS) is 19.7. The smallest absolute Gasteiger partial charge is 0.0132 e. The zero-order valence-electron chi connectivity index (χ0n) is 19.1. The lowest BCUT2D eigenvalue weighted by Crippen LogP contribution is -2.57. The average Bonchev–Trinajstić information content (AvgIpc) is 2.52. The van der Waals surface area contributed by atoms with Gasteiger partial charge in [-0.2, -0.15) is 0 Å². The van der Waals surface area contributed by atoms with Crippen molar-refractivity contribution in [1.29, 1.82) is 0 Å². The zero-order valence-corrected chi connectivity index (χ0v) is 19.1. The first-order valence-electron chi connectivity index (χ1n) is 12.1. The van der Waals surface area contributed by atoms with Crippen molar-refractivity contribution < 1.29 is 0 Å². The van der Waals surface area contributed by atoms with Crippen LogP contribution < -0.4 is 5.32 Å². The molecule has 0 radical (unpaired) electrons. The van der Waals surface area contributed by atoms with Crippen LogP contribution in [0.4, 0.5) is 0 Å². The van der Waals surface area contributed by atoms with E-state index in [0.29, 0.717) is 11.1 Å². The summed E-state index contributed by atoms with van der Waals surface area (Å²) in [5.41, 5.74) is 0.644. The molecule has 0 aromatic rings. The molecule has 1 rings (SSSR count). The molecule has 0 spiro atoms. The molecule has 0 amide bonds. The third-order valence-corrected chi connectivity index (χ3v) is 6.24. The van der Waals surface area contributed by atoms with E-state index in [4.69, 9.17) is 0 Å². The topological polar surface area (TPSA) is 12.0 Å². The number of rotatable bonds is 15. The Balaban J connectivity index is 1.88. The van der Waals surface area contributed by atoms with Crippen molar-refractivity contribution in [3.63, 3.8) is 0 Å².